The van der Waals surface area contributed by atoms with Crippen molar-refractivity contribution in [1.29, 1.82) is 0 Å². The van der Waals surface area contributed by atoms with Crippen molar-refractivity contribution in [3.05, 3.63) is 0 Å². The molecule has 0 spiro atoms. The Morgan fingerprint density at radius 2 is 1.10 bits per heavy atom. The molecule has 30 heavy (non-hydrogen) atoms. The van der Waals surface area contributed by atoms with Crippen molar-refractivity contribution >= 4 is 11.8 Å². The van der Waals surface area contributed by atoms with Crippen molar-refractivity contribution in [2.24, 2.45) is 11.5 Å². The third-order valence-electron chi connectivity index (χ3n) is 5.95. The van der Waals surface area contributed by atoms with Crippen LogP contribution in [0.5, 0.6) is 0 Å². The first-order chi connectivity index (χ1) is 14.2. The zero-order chi connectivity index (χ0) is 21.8. The van der Waals surface area contributed by atoms with E-state index >= 15 is 0 Å². The van der Waals surface area contributed by atoms with Gasteiger partial charge >= 0.3 is 0 Å². The van der Waals surface area contributed by atoms with E-state index in [-0.39, 0.29) is 26.2 Å². The Labute approximate surface area is 170 Å². The minimum atomic E-state index is -1.62. The maximum absolute atomic E-state index is 12.3. The number of nitrogens with two attached hydrogens (primary N) is 2. The van der Waals surface area contributed by atoms with Crippen LogP contribution >= 0.6 is 0 Å². The van der Waals surface area contributed by atoms with Crippen LogP contribution in [0.1, 0.15) is 0 Å². The Morgan fingerprint density at radius 1 is 0.733 bits per heavy atom. The Morgan fingerprint density at radius 3 is 1.40 bits per heavy atom. The Hall–Kier alpha value is -1.46. The fraction of sp³-hybridized carbons (Fsp3) is 0.875. The van der Waals surface area contributed by atoms with Crippen LogP contribution in [0.15, 0.2) is 0 Å². The second kappa shape index (κ2) is 7.59. The number of ether oxygens (including phenoxy) is 4. The first-order valence-corrected chi connectivity index (χ1v) is 9.59. The first-order valence-electron chi connectivity index (χ1n) is 9.59. The molecule has 0 saturated carbocycles. The second-order valence-electron chi connectivity index (χ2n) is 7.73. The van der Waals surface area contributed by atoms with Crippen molar-refractivity contribution < 1.29 is 49.0 Å². The topological polar surface area (TPSA) is 228 Å². The van der Waals surface area contributed by atoms with Gasteiger partial charge in [0.1, 0.15) is 36.6 Å². The summed E-state index contributed by atoms with van der Waals surface area (Å²) in [5.74, 6) is -4.44. The molecule has 4 aliphatic heterocycles. The summed E-state index contributed by atoms with van der Waals surface area (Å²) in [6, 6.07) is 0. The van der Waals surface area contributed by atoms with Crippen LogP contribution in [0.4, 0.5) is 0 Å². The quantitative estimate of drug-likeness (QED) is 0.175. The molecule has 170 valence electrons. The molecule has 0 unspecified atom stereocenters. The minimum absolute atomic E-state index is 0.0108. The van der Waals surface area contributed by atoms with E-state index in [9.17, 15) is 30.0 Å². The van der Waals surface area contributed by atoms with Gasteiger partial charge in [0, 0.05) is 13.1 Å². The number of fused-ring (bicyclic) bond motifs is 4. The number of amides is 2. The lowest BCUT2D eigenvalue weighted by atomic mass is 9.97. The van der Waals surface area contributed by atoms with Crippen LogP contribution in [0.3, 0.4) is 0 Å². The van der Waals surface area contributed by atoms with E-state index in [0.717, 1.165) is 0 Å². The molecule has 0 aliphatic carbocycles. The molecule has 14 nitrogen and oxygen atoms in total. The molecule has 4 heterocycles. The largest absolute Gasteiger partial charge is 0.387 e. The van der Waals surface area contributed by atoms with Crippen LogP contribution in [0.25, 0.3) is 0 Å². The summed E-state index contributed by atoms with van der Waals surface area (Å²) in [5.41, 5.74) is 11.1. The third kappa shape index (κ3) is 3.03. The van der Waals surface area contributed by atoms with Crippen LogP contribution in [0, 0.1) is 0 Å². The zero-order valence-electron chi connectivity index (χ0n) is 15.8. The third-order valence-corrected chi connectivity index (χ3v) is 5.95. The molecule has 0 radical (unpaired) electrons. The van der Waals surface area contributed by atoms with Gasteiger partial charge in [0.25, 0.3) is 11.8 Å². The number of aliphatic hydroxyl groups is 4. The fourth-order valence-electron chi connectivity index (χ4n) is 4.27. The molecule has 2 amide bonds. The van der Waals surface area contributed by atoms with Crippen molar-refractivity contribution in [1.82, 2.24) is 10.6 Å². The minimum Gasteiger partial charge on any atom is -0.387 e. The lowest BCUT2D eigenvalue weighted by Gasteiger charge is -2.32. The van der Waals surface area contributed by atoms with Crippen LogP contribution in [-0.2, 0) is 28.5 Å². The lowest BCUT2D eigenvalue weighted by molar-refractivity contribution is -0.213. The highest BCUT2D eigenvalue weighted by Crippen LogP contribution is 2.43. The maximum Gasteiger partial charge on any atom is 0.252 e. The van der Waals surface area contributed by atoms with E-state index in [1.165, 1.54) is 0 Å². The van der Waals surface area contributed by atoms with E-state index in [1.54, 1.807) is 0 Å². The predicted octanol–water partition coefficient (Wildman–Crippen LogP) is -6.43. The summed E-state index contributed by atoms with van der Waals surface area (Å²) in [5, 5.41) is 44.8. The molecular formula is C16H26N4O10. The highest BCUT2D eigenvalue weighted by molar-refractivity contribution is 5.83. The van der Waals surface area contributed by atoms with Crippen LogP contribution in [-0.4, -0.2) is 119 Å². The summed E-state index contributed by atoms with van der Waals surface area (Å²) in [7, 11) is 0. The molecule has 4 aliphatic rings. The summed E-state index contributed by atoms with van der Waals surface area (Å²) < 4.78 is 21.6. The van der Waals surface area contributed by atoms with Gasteiger partial charge in [-0.3, -0.25) is 9.59 Å². The number of carbonyl (C=O) groups excluding carboxylic acids is 2. The van der Waals surface area contributed by atoms with Gasteiger partial charge in [-0.15, -0.1) is 0 Å². The molecule has 4 saturated heterocycles. The maximum atomic E-state index is 12.3. The molecule has 0 aromatic carbocycles. The van der Waals surface area contributed by atoms with Gasteiger partial charge in [-0.05, 0) is 0 Å². The van der Waals surface area contributed by atoms with Crippen LogP contribution in [0.2, 0.25) is 0 Å². The number of nitrogens with one attached hydrogen (secondary N) is 2. The molecule has 10 atom stereocenters. The van der Waals surface area contributed by atoms with Crippen molar-refractivity contribution in [2.45, 2.75) is 60.4 Å². The highest BCUT2D eigenvalue weighted by atomic mass is 16.8. The van der Waals surface area contributed by atoms with Crippen molar-refractivity contribution in [3.63, 3.8) is 0 Å². The Kier molecular flexibility index (Phi) is 5.51. The van der Waals surface area contributed by atoms with E-state index in [1.807, 2.05) is 0 Å². The number of rotatable bonds is 7. The monoisotopic (exact) mass is 434 g/mol. The number of carbonyl (C=O) groups is 2. The Balaban J connectivity index is 1.24. The van der Waals surface area contributed by atoms with Gasteiger partial charge in [-0.1, -0.05) is 0 Å². The summed E-state index contributed by atoms with van der Waals surface area (Å²) in [4.78, 5) is 24.7. The standard InChI is InChI=1S/C16H26N4O10/c17-3-15-11(23)5(21)7(27-15)9(29-15)13(25)19-1-2-20-14(26)10-8-6(22)12(24)16(4-18,28-8)30-10/h5-12,21-24H,1-4,17-18H2,(H,19,25)(H,20,26)/t5-,6-,7+,8+,9-,10-,11+,12+,15+,16+/m0/s1. The number of hydrogen-bond acceptors (Lipinski definition) is 12. The summed E-state index contributed by atoms with van der Waals surface area (Å²) >= 11 is 0. The van der Waals surface area contributed by atoms with Crippen molar-refractivity contribution in [2.75, 3.05) is 26.2 Å². The van der Waals surface area contributed by atoms with E-state index < -0.39 is 72.2 Å². The zero-order valence-corrected chi connectivity index (χ0v) is 15.8. The van der Waals surface area contributed by atoms with Gasteiger partial charge in [0.05, 0.1) is 13.1 Å². The van der Waals surface area contributed by atoms with E-state index in [0.29, 0.717) is 0 Å². The van der Waals surface area contributed by atoms with Gasteiger partial charge in [-0.25, -0.2) is 0 Å². The molecule has 0 aromatic rings. The predicted molar refractivity (Wildman–Crippen MR) is 93.1 cm³/mol. The fourth-order valence-corrected chi connectivity index (χ4v) is 4.27. The van der Waals surface area contributed by atoms with Gasteiger partial charge in [0.2, 0.25) is 11.6 Å². The molecule has 4 fully saturated rings. The Bertz CT molecular complexity index is 656. The van der Waals surface area contributed by atoms with Gasteiger partial charge in [-0.2, -0.15) is 0 Å². The SMILES string of the molecule is NC[C@]12O[C@H]([C@H](O)[C@H]1O)[C@@H](C(=O)NCCNC(=O)[C@H]1O[C@@]3(CN)O[C@@H]1[C@H](O)[C@H]3O)O2. The van der Waals surface area contributed by atoms with Crippen LogP contribution < -0.4 is 22.1 Å². The highest BCUT2D eigenvalue weighted by Gasteiger charge is 2.66. The first kappa shape index (κ1) is 21.8. The summed E-state index contributed by atoms with van der Waals surface area (Å²) in [6.45, 7) is -0.457. The van der Waals surface area contributed by atoms with E-state index in [2.05, 4.69) is 10.6 Å². The molecule has 4 rings (SSSR count). The molecule has 0 aromatic heterocycles. The number of hydrogen-bond donors (Lipinski definition) is 8. The van der Waals surface area contributed by atoms with Crippen molar-refractivity contribution in [3.8, 4) is 0 Å². The van der Waals surface area contributed by atoms with E-state index in [4.69, 9.17) is 30.4 Å². The molecule has 14 heteroatoms. The lowest BCUT2D eigenvalue weighted by Crippen LogP contribution is -2.59. The van der Waals surface area contributed by atoms with Gasteiger partial charge < -0.3 is 61.5 Å². The van der Waals surface area contributed by atoms with Gasteiger partial charge in [0.15, 0.2) is 12.2 Å². The normalized spacial score (nSPS) is 48.9. The average molecular weight is 434 g/mol. The smallest absolute Gasteiger partial charge is 0.252 e. The molecule has 4 bridgehead atoms. The molecule has 10 N–H and O–H groups in total. The molecular weight excluding hydrogens is 408 g/mol. The summed E-state index contributed by atoms with van der Waals surface area (Å²) in [6.07, 6.45) is -9.78. The average Bonchev–Trinajstić information content (AvgIpc) is 3.45. The second-order valence-corrected chi connectivity index (χ2v) is 7.73. The number of aliphatic hydroxyl groups excluding tert-OH is 4.